The zero-order chi connectivity index (χ0) is 24.9. The first-order valence-corrected chi connectivity index (χ1v) is 8.63. The molecule has 0 N–H and O–H groups in total. The van der Waals surface area contributed by atoms with Gasteiger partial charge in [0, 0.05) is 18.9 Å². The topological polar surface area (TPSA) is 17.1 Å². The number of alkyl halides is 13. The molecule has 1 rings (SSSR count). The van der Waals surface area contributed by atoms with Crippen LogP contribution in [0.1, 0.15) is 26.2 Å². The smallest absolute Gasteiger partial charge is 0.249 e. The van der Waals surface area contributed by atoms with Crippen molar-refractivity contribution in [1.82, 2.24) is 0 Å². The van der Waals surface area contributed by atoms with Gasteiger partial charge in [-0.05, 0) is 6.42 Å². The zero-order valence-corrected chi connectivity index (χ0v) is 15.7. The highest BCUT2D eigenvalue weighted by molar-refractivity contribution is 5.81. The van der Waals surface area contributed by atoms with E-state index >= 15 is 0 Å². The predicted octanol–water partition coefficient (Wildman–Crippen LogP) is 5.83. The van der Waals surface area contributed by atoms with E-state index in [-0.39, 0.29) is 6.42 Å². The minimum Gasteiger partial charge on any atom is -0.249 e. The Hall–Kier alpha value is -1.54. The van der Waals surface area contributed by atoms with Crippen molar-refractivity contribution in [2.24, 2.45) is 0 Å². The Morgan fingerprint density at radius 3 is 1.71 bits per heavy atom. The minimum atomic E-state index is -7.95. The molecule has 0 radical (unpaired) electrons. The molecule has 1 amide bonds. The van der Waals surface area contributed by atoms with Gasteiger partial charge in [-0.2, -0.15) is 57.1 Å². The van der Waals surface area contributed by atoms with Crippen molar-refractivity contribution in [2.75, 3.05) is 13.1 Å². The number of halogens is 13. The van der Waals surface area contributed by atoms with Gasteiger partial charge in [0.25, 0.3) is 0 Å². The van der Waals surface area contributed by atoms with Crippen molar-refractivity contribution in [3.8, 4) is 0 Å². The second-order valence-corrected chi connectivity index (χ2v) is 7.10. The highest BCUT2D eigenvalue weighted by Gasteiger charge is 2.92. The van der Waals surface area contributed by atoms with E-state index in [1.54, 1.807) is 0 Å². The van der Waals surface area contributed by atoms with E-state index in [1.807, 2.05) is 0 Å². The Morgan fingerprint density at radius 1 is 0.871 bits per heavy atom. The molecule has 1 aliphatic heterocycles. The maximum Gasteiger partial charge on any atom is 0.460 e. The number of carbonyl (C=O) groups excluding carboxylic acids is 1. The van der Waals surface area contributed by atoms with Gasteiger partial charge in [-0.15, -0.1) is 0 Å². The van der Waals surface area contributed by atoms with Crippen LogP contribution in [0.4, 0.5) is 57.1 Å². The van der Waals surface area contributed by atoms with Gasteiger partial charge >= 0.3 is 41.7 Å². The van der Waals surface area contributed by atoms with Crippen LogP contribution in [0.2, 0.25) is 0 Å². The van der Waals surface area contributed by atoms with E-state index in [4.69, 9.17) is 0 Å². The van der Waals surface area contributed by atoms with Crippen LogP contribution < -0.4 is 0 Å². The van der Waals surface area contributed by atoms with Crippen LogP contribution in [0.15, 0.2) is 12.7 Å². The first kappa shape index (κ1) is 27.5. The summed E-state index contributed by atoms with van der Waals surface area (Å²) in [6.45, 7) is 2.99. The lowest BCUT2D eigenvalue weighted by molar-refractivity contribution is -0.876. The average molecular weight is 486 g/mol. The van der Waals surface area contributed by atoms with E-state index < -0.39 is 78.2 Å². The molecule has 0 aromatic rings. The van der Waals surface area contributed by atoms with Crippen molar-refractivity contribution in [1.29, 1.82) is 0 Å². The van der Waals surface area contributed by atoms with Crippen molar-refractivity contribution < 1.29 is 66.4 Å². The number of nitrogens with zero attached hydrogens (tertiary/aromatic N) is 1. The Morgan fingerprint density at radius 2 is 1.32 bits per heavy atom. The van der Waals surface area contributed by atoms with E-state index in [1.165, 1.54) is 6.92 Å². The van der Waals surface area contributed by atoms with Crippen molar-refractivity contribution in [3.63, 3.8) is 0 Å². The number of carbonyl (C=O) groups is 1. The van der Waals surface area contributed by atoms with Gasteiger partial charge in [-0.25, -0.2) is 9.28 Å². The lowest BCUT2D eigenvalue weighted by Gasteiger charge is -2.45. The fraction of sp³-hybridized carbons (Fsp3) is 0.812. The molecule has 0 bridgehead atoms. The van der Waals surface area contributed by atoms with Gasteiger partial charge in [0.2, 0.25) is 0 Å². The van der Waals surface area contributed by atoms with Crippen molar-refractivity contribution >= 4 is 5.91 Å². The number of amides is 1. The summed E-state index contributed by atoms with van der Waals surface area (Å²) in [4.78, 5) is 12.1. The van der Waals surface area contributed by atoms with Crippen LogP contribution in [0, 0.1) is 0 Å². The molecule has 15 heteroatoms. The summed E-state index contributed by atoms with van der Waals surface area (Å²) in [5, 5.41) is 0. The molecule has 1 heterocycles. The molecule has 0 aromatic heterocycles. The average Bonchev–Trinajstić information content (AvgIpc) is 3.05. The molecule has 2 nitrogen and oxygen atoms in total. The largest absolute Gasteiger partial charge is 0.460 e. The van der Waals surface area contributed by atoms with Crippen LogP contribution in [0.5, 0.6) is 0 Å². The summed E-state index contributed by atoms with van der Waals surface area (Å²) in [6.07, 6.45) is -8.75. The van der Waals surface area contributed by atoms with Crippen molar-refractivity contribution in [2.45, 2.75) is 68.0 Å². The van der Waals surface area contributed by atoms with Gasteiger partial charge in [0.05, 0.1) is 13.1 Å². The summed E-state index contributed by atoms with van der Waals surface area (Å²) in [5.41, 5.74) is 0. The normalized spacial score (nSPS) is 24.4. The van der Waals surface area contributed by atoms with Crippen LogP contribution in [0.3, 0.4) is 0 Å². The van der Waals surface area contributed by atoms with Gasteiger partial charge in [0.1, 0.15) is 0 Å². The van der Waals surface area contributed by atoms with E-state index in [0.717, 1.165) is 0 Å². The highest BCUT2D eigenvalue weighted by atomic mass is 19.4. The summed E-state index contributed by atoms with van der Waals surface area (Å²) >= 11 is 0. The molecule has 1 saturated heterocycles. The molecule has 1 aliphatic rings. The quantitative estimate of drug-likeness (QED) is 0.240. The maximum absolute atomic E-state index is 14.6. The SMILES string of the molecule is C=CC(=O)[N+]1(CCC)CCCC1C(F)(F)C(F)(F)C(F)(F)C(F)(F)C(F)(F)C(F)(F)F. The number of rotatable bonds is 8. The Labute approximate surface area is 167 Å². The van der Waals surface area contributed by atoms with Crippen LogP contribution >= 0.6 is 0 Å². The summed E-state index contributed by atoms with van der Waals surface area (Å²) in [6, 6.07) is -3.10. The number of quaternary nitrogens is 1. The van der Waals surface area contributed by atoms with E-state index in [0.29, 0.717) is 6.08 Å². The fourth-order valence-corrected chi connectivity index (χ4v) is 3.67. The van der Waals surface area contributed by atoms with Gasteiger partial charge < -0.3 is 0 Å². The molecule has 2 unspecified atom stereocenters. The molecular weight excluding hydrogens is 469 g/mol. The lowest BCUT2D eigenvalue weighted by atomic mass is 9.89. The Bertz CT molecular complexity index is 700. The van der Waals surface area contributed by atoms with E-state index in [2.05, 4.69) is 6.58 Å². The monoisotopic (exact) mass is 486 g/mol. The summed E-state index contributed by atoms with van der Waals surface area (Å²) in [5.74, 6) is -38.6. The first-order chi connectivity index (χ1) is 13.6. The van der Waals surface area contributed by atoms with Gasteiger partial charge in [0.15, 0.2) is 6.04 Å². The maximum atomic E-state index is 14.6. The zero-order valence-electron chi connectivity index (χ0n) is 15.7. The van der Waals surface area contributed by atoms with Crippen LogP contribution in [-0.4, -0.2) is 65.3 Å². The number of likely N-dealkylation sites (tertiary alicyclic amines) is 1. The predicted molar refractivity (Wildman–Crippen MR) is 79.3 cm³/mol. The third kappa shape index (κ3) is 3.59. The van der Waals surface area contributed by atoms with Crippen LogP contribution in [-0.2, 0) is 4.79 Å². The first-order valence-electron chi connectivity index (χ1n) is 8.63. The second-order valence-electron chi connectivity index (χ2n) is 7.10. The van der Waals surface area contributed by atoms with Gasteiger partial charge in [-0.3, -0.25) is 0 Å². The molecule has 0 aliphatic carbocycles. The van der Waals surface area contributed by atoms with Crippen molar-refractivity contribution in [3.05, 3.63) is 12.7 Å². The molecule has 0 saturated carbocycles. The molecule has 31 heavy (non-hydrogen) atoms. The lowest BCUT2D eigenvalue weighted by Crippen LogP contribution is -2.74. The third-order valence-corrected chi connectivity index (χ3v) is 5.24. The number of hydrogen-bond acceptors (Lipinski definition) is 1. The fourth-order valence-electron chi connectivity index (χ4n) is 3.67. The van der Waals surface area contributed by atoms with Crippen LogP contribution in [0.25, 0.3) is 0 Å². The molecule has 182 valence electrons. The Balaban J connectivity index is 3.66. The second kappa shape index (κ2) is 7.80. The molecule has 0 spiro atoms. The molecular formula is C16H17F13NO+. The third-order valence-electron chi connectivity index (χ3n) is 5.24. The summed E-state index contributed by atoms with van der Waals surface area (Å²) < 4.78 is 173. The Kier molecular flexibility index (Phi) is 6.92. The molecule has 0 aromatic carbocycles. The molecule has 2 atom stereocenters. The molecule has 1 fully saturated rings. The van der Waals surface area contributed by atoms with E-state index in [9.17, 15) is 61.9 Å². The standard InChI is InChI=1S/C16H17F13NO/c1-3-7-30(10(31)4-2)8-5-6-9(30)11(17,18)12(19,20)13(21,22)14(23,24)15(25,26)16(27,28)29/h4,9H,2-3,5-8H2,1H3/q+1. The summed E-state index contributed by atoms with van der Waals surface area (Å²) in [7, 11) is 0. The van der Waals surface area contributed by atoms with Gasteiger partial charge in [-0.1, -0.05) is 13.5 Å². The highest BCUT2D eigenvalue weighted by Crippen LogP contribution is 2.62. The minimum absolute atomic E-state index is 0.156. The number of hydrogen-bond donors (Lipinski definition) is 0.